The predicted octanol–water partition coefficient (Wildman–Crippen LogP) is 2.75. The van der Waals surface area contributed by atoms with E-state index in [1.54, 1.807) is 4.90 Å². The van der Waals surface area contributed by atoms with Crippen LogP contribution in [-0.2, 0) is 4.79 Å². The largest absolute Gasteiger partial charge is 0.308 e. The molecule has 2 rings (SSSR count). The molecule has 0 aromatic heterocycles. The molecule has 1 aromatic rings. The van der Waals surface area contributed by atoms with Crippen molar-refractivity contribution in [1.82, 2.24) is 5.32 Å². The van der Waals surface area contributed by atoms with Crippen LogP contribution < -0.4 is 10.2 Å². The number of benzene rings is 1. The summed E-state index contributed by atoms with van der Waals surface area (Å²) < 4.78 is 0.902. The Kier molecular flexibility index (Phi) is 4.17. The number of nitrogens with zero attached hydrogens (tertiary/aromatic N) is 2. The van der Waals surface area contributed by atoms with Crippen molar-refractivity contribution >= 4 is 27.5 Å². The Labute approximate surface area is 127 Å². The van der Waals surface area contributed by atoms with Crippen LogP contribution in [0.2, 0.25) is 0 Å². The number of nitrogens with one attached hydrogen (secondary N) is 1. The second-order valence-electron chi connectivity index (χ2n) is 5.82. The Bertz CT molecular complexity index is 577. The molecule has 0 saturated carbocycles. The summed E-state index contributed by atoms with van der Waals surface area (Å²) in [6, 6.07) is 7.56. The van der Waals surface area contributed by atoms with E-state index in [2.05, 4.69) is 27.3 Å². The van der Waals surface area contributed by atoms with Crippen LogP contribution in [0.1, 0.15) is 25.8 Å². The molecule has 20 heavy (non-hydrogen) atoms. The maximum atomic E-state index is 12.5. The first-order valence-electron chi connectivity index (χ1n) is 6.56. The highest BCUT2D eigenvalue weighted by Crippen LogP contribution is 2.31. The van der Waals surface area contributed by atoms with Crippen LogP contribution in [0.25, 0.3) is 0 Å². The first kappa shape index (κ1) is 15.0. The van der Waals surface area contributed by atoms with Crippen LogP contribution in [0.3, 0.4) is 0 Å². The zero-order valence-corrected chi connectivity index (χ0v) is 13.5. The molecule has 5 heteroatoms. The number of amides is 1. The number of rotatable bonds is 2. The molecule has 1 amide bonds. The highest BCUT2D eigenvalue weighted by molar-refractivity contribution is 9.10. The van der Waals surface area contributed by atoms with Crippen LogP contribution >= 0.6 is 15.9 Å². The molecule has 1 aliphatic rings. The lowest BCUT2D eigenvalue weighted by Crippen LogP contribution is -2.65. The number of aryl methyl sites for hydroxylation is 1. The number of carbonyl (C=O) groups excluding carboxylic acids is 1. The van der Waals surface area contributed by atoms with E-state index >= 15 is 0 Å². The predicted molar refractivity (Wildman–Crippen MR) is 82.5 cm³/mol. The molecule has 106 valence electrons. The van der Waals surface area contributed by atoms with Crippen molar-refractivity contribution in [3.8, 4) is 6.07 Å². The molecule has 1 aliphatic heterocycles. The number of anilines is 1. The number of halogens is 1. The van der Waals surface area contributed by atoms with Crippen LogP contribution in [0.4, 0.5) is 5.69 Å². The first-order chi connectivity index (χ1) is 9.34. The maximum Gasteiger partial charge on any atom is 0.245 e. The highest BCUT2D eigenvalue weighted by Gasteiger charge is 2.38. The summed E-state index contributed by atoms with van der Waals surface area (Å²) >= 11 is 3.53. The molecule has 1 N–H and O–H groups in total. The molecule has 1 saturated heterocycles. The van der Waals surface area contributed by atoms with Crippen molar-refractivity contribution in [2.45, 2.75) is 38.8 Å². The fourth-order valence-electron chi connectivity index (χ4n) is 2.50. The number of nitriles is 1. The fourth-order valence-corrected chi connectivity index (χ4v) is 3.21. The summed E-state index contributed by atoms with van der Waals surface area (Å²) in [5, 5.41) is 12.1. The summed E-state index contributed by atoms with van der Waals surface area (Å²) in [5.74, 6) is -0.0459. The molecule has 0 aliphatic carbocycles. The Hall–Kier alpha value is -1.38. The van der Waals surface area contributed by atoms with E-state index in [0.29, 0.717) is 6.54 Å². The normalized spacial score (nSPS) is 21.6. The lowest BCUT2D eigenvalue weighted by Gasteiger charge is -2.43. The van der Waals surface area contributed by atoms with Crippen molar-refractivity contribution in [3.63, 3.8) is 0 Å². The molecular weight excluding hydrogens is 318 g/mol. The summed E-state index contributed by atoms with van der Waals surface area (Å²) in [4.78, 5) is 14.3. The lowest BCUT2D eigenvalue weighted by molar-refractivity contribution is -0.122. The van der Waals surface area contributed by atoms with E-state index in [-0.39, 0.29) is 17.9 Å². The van der Waals surface area contributed by atoms with Gasteiger partial charge < -0.3 is 4.90 Å². The Morgan fingerprint density at radius 3 is 2.85 bits per heavy atom. The lowest BCUT2D eigenvalue weighted by atomic mass is 9.96. The van der Waals surface area contributed by atoms with Crippen LogP contribution in [0.5, 0.6) is 0 Å². The SMILES string of the molecule is Cc1ccc(N2CC(C)(C)NC(CC#N)C2=O)c(Br)c1. The van der Waals surface area contributed by atoms with E-state index in [9.17, 15) is 4.79 Å². The zero-order valence-electron chi connectivity index (χ0n) is 11.9. The van der Waals surface area contributed by atoms with Gasteiger partial charge in [0.05, 0.1) is 18.2 Å². The van der Waals surface area contributed by atoms with Crippen LogP contribution in [-0.4, -0.2) is 24.0 Å². The number of hydrogen-bond acceptors (Lipinski definition) is 3. The molecule has 0 spiro atoms. The summed E-state index contributed by atoms with van der Waals surface area (Å²) in [6.07, 6.45) is 0.183. The van der Waals surface area contributed by atoms with E-state index < -0.39 is 6.04 Å². The molecular formula is C15H18BrN3O. The third-order valence-electron chi connectivity index (χ3n) is 3.37. The van der Waals surface area contributed by atoms with Crippen molar-refractivity contribution in [3.05, 3.63) is 28.2 Å². The minimum Gasteiger partial charge on any atom is -0.308 e. The Balaban J connectivity index is 2.38. The van der Waals surface area contributed by atoms with Crippen molar-refractivity contribution in [2.75, 3.05) is 11.4 Å². The molecule has 1 heterocycles. The monoisotopic (exact) mass is 335 g/mol. The molecule has 1 fully saturated rings. The van der Waals surface area contributed by atoms with Crippen LogP contribution in [0.15, 0.2) is 22.7 Å². The minimum absolute atomic E-state index is 0.0459. The molecule has 1 aromatic carbocycles. The first-order valence-corrected chi connectivity index (χ1v) is 7.35. The van der Waals surface area contributed by atoms with E-state index in [4.69, 9.17) is 5.26 Å². The van der Waals surface area contributed by atoms with Gasteiger partial charge in [-0.05, 0) is 54.4 Å². The third-order valence-corrected chi connectivity index (χ3v) is 4.01. The number of hydrogen-bond donors (Lipinski definition) is 1. The van der Waals surface area contributed by atoms with Gasteiger partial charge in [-0.2, -0.15) is 5.26 Å². The summed E-state index contributed by atoms with van der Waals surface area (Å²) in [7, 11) is 0. The van der Waals surface area contributed by atoms with E-state index in [1.807, 2.05) is 39.0 Å². The fraction of sp³-hybridized carbons (Fsp3) is 0.467. The molecule has 4 nitrogen and oxygen atoms in total. The van der Waals surface area contributed by atoms with E-state index in [0.717, 1.165) is 15.7 Å². The van der Waals surface area contributed by atoms with Gasteiger partial charge in [-0.1, -0.05) is 6.07 Å². The minimum atomic E-state index is -0.447. The van der Waals surface area contributed by atoms with Gasteiger partial charge in [0.25, 0.3) is 0 Å². The maximum absolute atomic E-state index is 12.5. The molecule has 1 atom stereocenters. The second-order valence-corrected chi connectivity index (χ2v) is 6.68. The van der Waals surface area contributed by atoms with Crippen molar-refractivity contribution < 1.29 is 4.79 Å². The van der Waals surface area contributed by atoms with E-state index in [1.165, 1.54) is 0 Å². The smallest absolute Gasteiger partial charge is 0.245 e. The number of carbonyl (C=O) groups is 1. The summed E-state index contributed by atoms with van der Waals surface area (Å²) in [6.45, 7) is 6.67. The van der Waals surface area contributed by atoms with Crippen molar-refractivity contribution in [2.24, 2.45) is 0 Å². The average Bonchev–Trinajstić information content (AvgIpc) is 2.34. The molecule has 0 radical (unpaired) electrons. The van der Waals surface area contributed by atoms with Gasteiger partial charge in [0, 0.05) is 16.6 Å². The molecule has 0 bridgehead atoms. The zero-order chi connectivity index (χ0) is 14.9. The quantitative estimate of drug-likeness (QED) is 0.904. The van der Waals surface area contributed by atoms with Crippen molar-refractivity contribution in [1.29, 1.82) is 5.26 Å². The van der Waals surface area contributed by atoms with Gasteiger partial charge in [-0.15, -0.1) is 0 Å². The third kappa shape index (κ3) is 3.02. The summed E-state index contributed by atoms with van der Waals surface area (Å²) in [5.41, 5.74) is 1.77. The molecule has 1 unspecified atom stereocenters. The standard InChI is InChI=1S/C15H18BrN3O/c1-10-4-5-13(11(16)8-10)19-9-15(2,3)18-12(6-7-17)14(19)20/h4-5,8,12,18H,6,9H2,1-3H3. The average molecular weight is 336 g/mol. The highest BCUT2D eigenvalue weighted by atomic mass is 79.9. The Morgan fingerprint density at radius 1 is 1.55 bits per heavy atom. The number of piperazine rings is 1. The van der Waals surface area contributed by atoms with Gasteiger partial charge in [0.1, 0.15) is 6.04 Å². The second kappa shape index (κ2) is 5.55. The van der Waals surface area contributed by atoms with Gasteiger partial charge in [-0.25, -0.2) is 0 Å². The Morgan fingerprint density at radius 2 is 2.25 bits per heavy atom. The topological polar surface area (TPSA) is 56.1 Å². The van der Waals surface area contributed by atoms with Gasteiger partial charge in [0.15, 0.2) is 0 Å². The van der Waals surface area contributed by atoms with Crippen LogP contribution in [0, 0.1) is 18.3 Å². The van der Waals surface area contributed by atoms with Gasteiger partial charge in [-0.3, -0.25) is 10.1 Å². The van der Waals surface area contributed by atoms with Gasteiger partial charge >= 0.3 is 0 Å². The van der Waals surface area contributed by atoms with Gasteiger partial charge in [0.2, 0.25) is 5.91 Å².